The molecule has 0 amide bonds. The van der Waals surface area contributed by atoms with Crippen LogP contribution in [0.1, 0.15) is 0 Å². The Morgan fingerprint density at radius 3 is 1.00 bits per heavy atom. The summed E-state index contributed by atoms with van der Waals surface area (Å²) < 4.78 is 0. The fourth-order valence-electron chi connectivity index (χ4n) is 7.58. The van der Waals surface area contributed by atoms with Crippen molar-refractivity contribution in [3.63, 3.8) is 0 Å². The Bertz CT molecular complexity index is 2930. The number of hydrogen-bond donors (Lipinski definition) is 0. The van der Waals surface area contributed by atoms with Gasteiger partial charge in [0.2, 0.25) is 0 Å². The van der Waals surface area contributed by atoms with Gasteiger partial charge in [-0.05, 0) is 51.6 Å². The normalized spacial score (nSPS) is 11.0. The van der Waals surface area contributed by atoms with E-state index in [0.29, 0.717) is 23.3 Å². The van der Waals surface area contributed by atoms with E-state index in [2.05, 4.69) is 127 Å². The van der Waals surface area contributed by atoms with Crippen molar-refractivity contribution in [3.05, 3.63) is 224 Å². The molecule has 0 aliphatic rings. The summed E-state index contributed by atoms with van der Waals surface area (Å²) in [6.07, 6.45) is 0. The summed E-state index contributed by atoms with van der Waals surface area (Å²) >= 11 is 0. The second kappa shape index (κ2) is 16.4. The fraction of sp³-hybridized carbons (Fsp3) is 0. The highest BCUT2D eigenvalue weighted by Crippen LogP contribution is 2.42. The van der Waals surface area contributed by atoms with E-state index in [9.17, 15) is 0 Å². The molecule has 0 fully saturated rings. The SMILES string of the molecule is c1ccc(-c2cc(-c3ccc(-c4cc(-c5nc(-c6ccccc6)nc(-c6ccccc6)n5)ccc4-c4ccccc4)c(-c4ccccc4)c3)nc(-c3ccccc3)n2)cc1. The molecule has 282 valence electrons. The van der Waals surface area contributed by atoms with Crippen LogP contribution in [0.5, 0.6) is 0 Å². The van der Waals surface area contributed by atoms with Crippen molar-refractivity contribution in [3.8, 4) is 101 Å². The largest absolute Gasteiger partial charge is 0.228 e. The zero-order valence-electron chi connectivity index (χ0n) is 32.6. The standard InChI is InChI=1S/C55H37N5/c1-7-19-38(20-8-1)46-33-32-45(55-59-53(42-27-15-5-16-28-42)58-54(60-55)43-29-17-6-18-30-43)36-49(46)47-34-31-44(35-48(47)39-21-9-2-10-22-39)51-37-50(40-23-11-3-12-24-40)56-52(57-51)41-25-13-4-14-26-41/h1-37H. The Balaban J connectivity index is 1.18. The van der Waals surface area contributed by atoms with Crippen molar-refractivity contribution in [2.45, 2.75) is 0 Å². The molecule has 2 heterocycles. The molecule has 2 aromatic heterocycles. The van der Waals surface area contributed by atoms with Gasteiger partial charge in [0.25, 0.3) is 0 Å². The average Bonchev–Trinajstić information content (AvgIpc) is 3.35. The molecular formula is C55H37N5. The molecule has 0 saturated carbocycles. The van der Waals surface area contributed by atoms with Crippen LogP contribution in [0.3, 0.4) is 0 Å². The minimum absolute atomic E-state index is 0.601. The molecule has 0 bridgehead atoms. The van der Waals surface area contributed by atoms with E-state index < -0.39 is 0 Å². The van der Waals surface area contributed by atoms with Crippen LogP contribution in [0.2, 0.25) is 0 Å². The molecule has 10 aromatic rings. The predicted octanol–water partition coefficient (Wildman–Crippen LogP) is 13.7. The van der Waals surface area contributed by atoms with E-state index in [1.807, 2.05) is 97.1 Å². The van der Waals surface area contributed by atoms with Gasteiger partial charge in [0, 0.05) is 33.4 Å². The minimum atomic E-state index is 0.601. The van der Waals surface area contributed by atoms with Gasteiger partial charge in [-0.15, -0.1) is 0 Å². The van der Waals surface area contributed by atoms with Crippen LogP contribution >= 0.6 is 0 Å². The fourth-order valence-corrected chi connectivity index (χ4v) is 7.58. The first-order valence-electron chi connectivity index (χ1n) is 20.0. The molecule has 0 saturated heterocycles. The number of aromatic nitrogens is 5. The molecule has 60 heavy (non-hydrogen) atoms. The van der Waals surface area contributed by atoms with Crippen LogP contribution in [0.15, 0.2) is 224 Å². The highest BCUT2D eigenvalue weighted by atomic mass is 15.0. The third-order valence-corrected chi connectivity index (χ3v) is 10.6. The van der Waals surface area contributed by atoms with E-state index in [1.165, 1.54) is 0 Å². The molecule has 5 heteroatoms. The third-order valence-electron chi connectivity index (χ3n) is 10.6. The lowest BCUT2D eigenvalue weighted by Crippen LogP contribution is -2.00. The molecule has 0 unspecified atom stereocenters. The number of hydrogen-bond acceptors (Lipinski definition) is 5. The Morgan fingerprint density at radius 1 is 0.183 bits per heavy atom. The summed E-state index contributed by atoms with van der Waals surface area (Å²) in [5, 5.41) is 0. The van der Waals surface area contributed by atoms with Crippen molar-refractivity contribution in [2.24, 2.45) is 0 Å². The van der Waals surface area contributed by atoms with Crippen LogP contribution < -0.4 is 0 Å². The lowest BCUT2D eigenvalue weighted by Gasteiger charge is -2.18. The molecular weight excluding hydrogens is 731 g/mol. The first-order valence-corrected chi connectivity index (χ1v) is 20.0. The molecule has 0 spiro atoms. The topological polar surface area (TPSA) is 64.5 Å². The van der Waals surface area contributed by atoms with E-state index in [-0.39, 0.29) is 0 Å². The van der Waals surface area contributed by atoms with Crippen molar-refractivity contribution in [1.29, 1.82) is 0 Å². The third kappa shape index (κ3) is 7.51. The zero-order valence-corrected chi connectivity index (χ0v) is 32.6. The molecule has 0 atom stereocenters. The highest BCUT2D eigenvalue weighted by molar-refractivity contribution is 5.95. The van der Waals surface area contributed by atoms with Crippen molar-refractivity contribution in [2.75, 3.05) is 0 Å². The van der Waals surface area contributed by atoms with E-state index in [0.717, 1.165) is 78.1 Å². The highest BCUT2D eigenvalue weighted by Gasteiger charge is 2.19. The second-order valence-electron chi connectivity index (χ2n) is 14.5. The van der Waals surface area contributed by atoms with Gasteiger partial charge in [0.1, 0.15) is 0 Å². The molecule has 0 radical (unpaired) electrons. The number of benzene rings is 8. The zero-order chi connectivity index (χ0) is 40.1. The summed E-state index contributed by atoms with van der Waals surface area (Å²) in [5.41, 5.74) is 14.0. The Kier molecular flexibility index (Phi) is 9.88. The van der Waals surface area contributed by atoms with Crippen molar-refractivity contribution < 1.29 is 0 Å². The van der Waals surface area contributed by atoms with Crippen LogP contribution in [0.4, 0.5) is 0 Å². The average molecular weight is 768 g/mol. The summed E-state index contributed by atoms with van der Waals surface area (Å²) in [4.78, 5) is 25.4. The van der Waals surface area contributed by atoms with E-state index in [1.54, 1.807) is 0 Å². The maximum absolute atomic E-state index is 5.19. The van der Waals surface area contributed by atoms with Crippen molar-refractivity contribution >= 4 is 0 Å². The van der Waals surface area contributed by atoms with E-state index in [4.69, 9.17) is 24.9 Å². The van der Waals surface area contributed by atoms with Gasteiger partial charge >= 0.3 is 0 Å². The number of nitrogens with zero attached hydrogens (tertiary/aromatic N) is 5. The Labute approximate surface area is 349 Å². The summed E-state index contributed by atoms with van der Waals surface area (Å²) in [6, 6.07) is 77.1. The van der Waals surface area contributed by atoms with Gasteiger partial charge in [-0.1, -0.05) is 206 Å². The van der Waals surface area contributed by atoms with Crippen LogP contribution in [-0.2, 0) is 0 Å². The quantitative estimate of drug-likeness (QED) is 0.146. The Morgan fingerprint density at radius 2 is 0.517 bits per heavy atom. The predicted molar refractivity (Wildman–Crippen MR) is 244 cm³/mol. The van der Waals surface area contributed by atoms with Crippen LogP contribution in [0, 0.1) is 0 Å². The molecule has 10 rings (SSSR count). The summed E-state index contributed by atoms with van der Waals surface area (Å²) in [5.74, 6) is 2.52. The smallest absolute Gasteiger partial charge is 0.164 e. The van der Waals surface area contributed by atoms with E-state index >= 15 is 0 Å². The van der Waals surface area contributed by atoms with Gasteiger partial charge in [0.15, 0.2) is 23.3 Å². The van der Waals surface area contributed by atoms with Gasteiger partial charge in [-0.3, -0.25) is 0 Å². The van der Waals surface area contributed by atoms with Crippen LogP contribution in [-0.4, -0.2) is 24.9 Å². The second-order valence-corrected chi connectivity index (χ2v) is 14.5. The first kappa shape index (κ1) is 36.2. The maximum atomic E-state index is 5.19. The lowest BCUT2D eigenvalue weighted by atomic mass is 9.87. The van der Waals surface area contributed by atoms with Gasteiger partial charge in [-0.2, -0.15) is 0 Å². The first-order chi connectivity index (χ1) is 29.7. The van der Waals surface area contributed by atoms with Gasteiger partial charge in [-0.25, -0.2) is 24.9 Å². The maximum Gasteiger partial charge on any atom is 0.164 e. The monoisotopic (exact) mass is 767 g/mol. The molecule has 0 aliphatic carbocycles. The Hall–Kier alpha value is -8.15. The van der Waals surface area contributed by atoms with Crippen molar-refractivity contribution in [1.82, 2.24) is 24.9 Å². The molecule has 8 aromatic carbocycles. The minimum Gasteiger partial charge on any atom is -0.228 e. The van der Waals surface area contributed by atoms with Gasteiger partial charge in [0.05, 0.1) is 11.4 Å². The lowest BCUT2D eigenvalue weighted by molar-refractivity contribution is 1.07. The molecule has 0 N–H and O–H groups in total. The van der Waals surface area contributed by atoms with Crippen LogP contribution in [0.25, 0.3) is 101 Å². The van der Waals surface area contributed by atoms with Gasteiger partial charge < -0.3 is 0 Å². The number of rotatable bonds is 9. The molecule has 0 aliphatic heterocycles. The molecule has 5 nitrogen and oxygen atoms in total. The summed E-state index contributed by atoms with van der Waals surface area (Å²) in [7, 11) is 0. The summed E-state index contributed by atoms with van der Waals surface area (Å²) in [6.45, 7) is 0.